The summed E-state index contributed by atoms with van der Waals surface area (Å²) in [6.45, 7) is 12.7. The van der Waals surface area contributed by atoms with Gasteiger partial charge in [-0.3, -0.25) is 0 Å². The molecule has 0 bridgehead atoms. The van der Waals surface area contributed by atoms with Crippen molar-refractivity contribution in [3.63, 3.8) is 0 Å². The van der Waals surface area contributed by atoms with E-state index in [2.05, 4.69) is 86.5 Å². The van der Waals surface area contributed by atoms with E-state index in [1.54, 1.807) is 0 Å². The zero-order valence-corrected chi connectivity index (χ0v) is 16.4. The van der Waals surface area contributed by atoms with Crippen LogP contribution in [0.4, 0.5) is 0 Å². The number of nitrogens with one attached hydrogen (secondary N) is 2. The van der Waals surface area contributed by atoms with Crippen LogP contribution in [-0.4, -0.2) is 7.05 Å². The molecule has 3 rings (SSSR count). The maximum atomic E-state index is 4.24. The summed E-state index contributed by atoms with van der Waals surface area (Å²) in [5, 5.41) is 12.2. The molecule has 2 nitrogen and oxygen atoms in total. The summed E-state index contributed by atoms with van der Waals surface area (Å²) in [5.74, 6) is 0. The second kappa shape index (κ2) is 7.51. The van der Waals surface area contributed by atoms with Crippen molar-refractivity contribution in [1.29, 1.82) is 0 Å². The second-order valence-corrected chi connectivity index (χ2v) is 8.27. The van der Waals surface area contributed by atoms with Crippen molar-refractivity contribution in [2.75, 3.05) is 7.05 Å². The van der Waals surface area contributed by atoms with Crippen molar-refractivity contribution in [1.82, 2.24) is 10.6 Å². The fraction of sp³-hybridized carbons (Fsp3) is 0.333. The van der Waals surface area contributed by atoms with E-state index < -0.39 is 0 Å². The molecule has 0 heterocycles. The Morgan fingerprint density at radius 2 is 1.27 bits per heavy atom. The topological polar surface area (TPSA) is 24.1 Å². The van der Waals surface area contributed by atoms with E-state index in [1.165, 1.54) is 32.7 Å². The lowest BCUT2D eigenvalue weighted by molar-refractivity contribution is 0.398. The van der Waals surface area contributed by atoms with Crippen LogP contribution in [0.15, 0.2) is 60.8 Å². The third-order valence-corrected chi connectivity index (χ3v) is 4.77. The Labute approximate surface area is 160 Å². The number of hydrogen-bond acceptors (Lipinski definition) is 2. The van der Waals surface area contributed by atoms with Crippen molar-refractivity contribution in [2.45, 2.75) is 40.3 Å². The average Bonchev–Trinajstić information content (AvgIpc) is 2.59. The molecule has 0 unspecified atom stereocenters. The average molecular weight is 351 g/mol. The van der Waals surface area contributed by atoms with Crippen LogP contribution in [0.2, 0.25) is 0 Å². The summed E-state index contributed by atoms with van der Waals surface area (Å²) in [6.07, 6.45) is 0.973. The number of allylic oxidation sites excluding steroid dienone is 1. The van der Waals surface area contributed by atoms with E-state index in [1.807, 2.05) is 7.05 Å². The van der Waals surface area contributed by atoms with E-state index in [0.29, 0.717) is 0 Å². The van der Waals surface area contributed by atoms with Crippen LogP contribution in [0.3, 0.4) is 0 Å². The normalized spacial score (nSPS) is 11.8. The molecule has 0 aromatic heterocycles. The minimum absolute atomic E-state index is 0. The van der Waals surface area contributed by atoms with Gasteiger partial charge < -0.3 is 10.6 Å². The lowest BCUT2D eigenvalue weighted by Gasteiger charge is -2.22. The van der Waals surface area contributed by atoms with Crippen LogP contribution in [0, 0.1) is 5.41 Å². The SMILES string of the molecule is C=C(CC(C)(C)C)NCc1c2ccccc2c(CNC)c2ccccc12.[HH].[HH]. The molecule has 2 heteroatoms. The third-order valence-electron chi connectivity index (χ3n) is 4.77. The molecule has 0 fully saturated rings. The Kier molecular flexibility index (Phi) is 5.33. The molecular weight excluding hydrogens is 316 g/mol. The van der Waals surface area contributed by atoms with Gasteiger partial charge in [-0.05, 0) is 51.6 Å². The van der Waals surface area contributed by atoms with E-state index in [4.69, 9.17) is 0 Å². The van der Waals surface area contributed by atoms with Crippen LogP contribution < -0.4 is 10.6 Å². The van der Waals surface area contributed by atoms with Crippen molar-refractivity contribution in [3.8, 4) is 0 Å². The molecule has 0 spiro atoms. The quantitative estimate of drug-likeness (QED) is 0.514. The van der Waals surface area contributed by atoms with Crippen LogP contribution in [-0.2, 0) is 13.1 Å². The Morgan fingerprint density at radius 3 is 1.65 bits per heavy atom. The Morgan fingerprint density at radius 1 is 0.846 bits per heavy atom. The fourth-order valence-electron chi connectivity index (χ4n) is 3.78. The first-order chi connectivity index (χ1) is 12.4. The third kappa shape index (κ3) is 3.91. The largest absolute Gasteiger partial charge is 0.385 e. The minimum atomic E-state index is 0. The van der Waals surface area contributed by atoms with E-state index in [9.17, 15) is 0 Å². The summed E-state index contributed by atoms with van der Waals surface area (Å²) in [6, 6.07) is 17.5. The van der Waals surface area contributed by atoms with Crippen LogP contribution in [0.1, 0.15) is 41.2 Å². The van der Waals surface area contributed by atoms with Gasteiger partial charge in [-0.1, -0.05) is 75.9 Å². The highest BCUT2D eigenvalue weighted by Crippen LogP contribution is 2.33. The van der Waals surface area contributed by atoms with E-state index in [-0.39, 0.29) is 8.27 Å². The highest BCUT2D eigenvalue weighted by molar-refractivity contribution is 6.05. The molecule has 26 heavy (non-hydrogen) atoms. The predicted octanol–water partition coefficient (Wildman–Crippen LogP) is 6.24. The molecule has 0 saturated heterocycles. The molecule has 0 amide bonds. The van der Waals surface area contributed by atoms with E-state index >= 15 is 0 Å². The Bertz CT molecular complexity index is 885. The standard InChI is InChI=1S/C24H30N2.2H2/c1-17(14-24(2,3)4)26-16-23-20-12-8-6-10-18(20)22(15-25-5)19-11-7-9-13-21(19)23;;/h6-13,25-26H,1,14-16H2,2-5H3;2*1H. The lowest BCUT2D eigenvalue weighted by Crippen LogP contribution is -2.18. The van der Waals surface area contributed by atoms with Crippen LogP contribution in [0.25, 0.3) is 21.5 Å². The molecule has 0 aliphatic heterocycles. The van der Waals surface area contributed by atoms with Crippen molar-refractivity contribution >= 4 is 21.5 Å². The highest BCUT2D eigenvalue weighted by Gasteiger charge is 2.15. The molecule has 140 valence electrons. The molecule has 0 radical (unpaired) electrons. The van der Waals surface area contributed by atoms with Gasteiger partial charge in [-0.25, -0.2) is 0 Å². The van der Waals surface area contributed by atoms with Crippen molar-refractivity contribution in [3.05, 3.63) is 71.9 Å². The highest BCUT2D eigenvalue weighted by atomic mass is 14.9. The summed E-state index contributed by atoms with van der Waals surface area (Å²) in [4.78, 5) is 0. The van der Waals surface area contributed by atoms with Gasteiger partial charge in [0.15, 0.2) is 0 Å². The summed E-state index contributed by atoms with van der Waals surface area (Å²) < 4.78 is 0. The van der Waals surface area contributed by atoms with Crippen LogP contribution >= 0.6 is 0 Å². The lowest BCUT2D eigenvalue weighted by atomic mass is 9.90. The zero-order chi connectivity index (χ0) is 18.7. The minimum Gasteiger partial charge on any atom is -0.385 e. The molecule has 2 N–H and O–H groups in total. The van der Waals surface area contributed by atoms with Gasteiger partial charge in [-0.2, -0.15) is 0 Å². The molecule has 0 saturated carbocycles. The van der Waals surface area contributed by atoms with Gasteiger partial charge in [0.1, 0.15) is 0 Å². The molecule has 0 aliphatic carbocycles. The summed E-state index contributed by atoms with van der Waals surface area (Å²) in [7, 11) is 2.01. The molecule has 3 aromatic carbocycles. The fourth-order valence-corrected chi connectivity index (χ4v) is 3.78. The number of benzene rings is 3. The molecule has 3 aromatic rings. The smallest absolute Gasteiger partial charge is 0.0409 e. The summed E-state index contributed by atoms with van der Waals surface area (Å²) >= 11 is 0. The zero-order valence-electron chi connectivity index (χ0n) is 16.4. The predicted molar refractivity (Wildman–Crippen MR) is 118 cm³/mol. The van der Waals surface area contributed by atoms with Gasteiger partial charge in [0.2, 0.25) is 0 Å². The molecule has 0 atom stereocenters. The van der Waals surface area contributed by atoms with E-state index in [0.717, 1.165) is 25.2 Å². The first kappa shape index (κ1) is 18.5. The van der Waals surface area contributed by atoms with Gasteiger partial charge in [0.05, 0.1) is 0 Å². The van der Waals surface area contributed by atoms with Crippen molar-refractivity contribution < 1.29 is 2.85 Å². The van der Waals surface area contributed by atoms with Crippen molar-refractivity contribution in [2.24, 2.45) is 5.41 Å². The van der Waals surface area contributed by atoms with Gasteiger partial charge in [0, 0.05) is 21.6 Å². The number of rotatable bonds is 6. The first-order valence-corrected chi connectivity index (χ1v) is 9.38. The van der Waals surface area contributed by atoms with Crippen LogP contribution in [0.5, 0.6) is 0 Å². The molecule has 0 aliphatic rings. The van der Waals surface area contributed by atoms with Gasteiger partial charge in [0.25, 0.3) is 0 Å². The maximum Gasteiger partial charge on any atom is 0.0409 e. The van der Waals surface area contributed by atoms with Gasteiger partial charge >= 0.3 is 0 Å². The number of hydrogen-bond donors (Lipinski definition) is 2. The monoisotopic (exact) mass is 350 g/mol. The summed E-state index contributed by atoms with van der Waals surface area (Å²) in [5.41, 5.74) is 4.07. The second-order valence-electron chi connectivity index (χ2n) is 8.27. The first-order valence-electron chi connectivity index (χ1n) is 9.38. The van der Waals surface area contributed by atoms with Gasteiger partial charge in [-0.15, -0.1) is 0 Å². The molecular formula is C24H34N2. The Hall–Kier alpha value is -2.32. The number of fused-ring (bicyclic) bond motifs is 2. The maximum absolute atomic E-state index is 4.24. The Balaban J connectivity index is 0.00000196.